The van der Waals surface area contributed by atoms with Gasteiger partial charge in [-0.05, 0) is 37.1 Å². The standard InChI is InChI=1S/C14H15Cl2N3O/c15-10-5-4-9(7-11(10)16)8-13-18-14(20-19-13)12-3-1-2-6-17-12/h4-5,7,12,17H,1-3,6,8H2. The Labute approximate surface area is 127 Å². The second-order valence-electron chi connectivity index (χ2n) is 4.98. The lowest BCUT2D eigenvalue weighted by Crippen LogP contribution is -2.27. The molecule has 1 fully saturated rings. The first-order valence-corrected chi connectivity index (χ1v) is 7.48. The average molecular weight is 312 g/mol. The van der Waals surface area contributed by atoms with E-state index in [-0.39, 0.29) is 6.04 Å². The molecule has 0 spiro atoms. The van der Waals surface area contributed by atoms with Crippen molar-refractivity contribution in [3.05, 3.63) is 45.5 Å². The molecule has 1 aromatic heterocycles. The molecule has 20 heavy (non-hydrogen) atoms. The molecule has 0 radical (unpaired) electrons. The third-order valence-corrected chi connectivity index (χ3v) is 4.18. The molecule has 1 aliphatic heterocycles. The van der Waals surface area contributed by atoms with Crippen LogP contribution in [0.25, 0.3) is 0 Å². The molecule has 0 bridgehead atoms. The van der Waals surface area contributed by atoms with Crippen LogP contribution in [-0.2, 0) is 6.42 Å². The fourth-order valence-electron chi connectivity index (χ4n) is 2.38. The zero-order valence-electron chi connectivity index (χ0n) is 10.9. The van der Waals surface area contributed by atoms with E-state index in [9.17, 15) is 0 Å². The Balaban J connectivity index is 1.71. The highest BCUT2D eigenvalue weighted by molar-refractivity contribution is 6.42. The summed E-state index contributed by atoms with van der Waals surface area (Å²) in [5.41, 5.74) is 1.02. The minimum absolute atomic E-state index is 0.193. The number of aromatic nitrogens is 2. The lowest BCUT2D eigenvalue weighted by molar-refractivity contribution is 0.296. The Morgan fingerprint density at radius 1 is 1.25 bits per heavy atom. The zero-order chi connectivity index (χ0) is 13.9. The van der Waals surface area contributed by atoms with Crippen molar-refractivity contribution in [3.63, 3.8) is 0 Å². The van der Waals surface area contributed by atoms with Gasteiger partial charge in [0.25, 0.3) is 0 Å². The molecular weight excluding hydrogens is 297 g/mol. The summed E-state index contributed by atoms with van der Waals surface area (Å²) in [5.74, 6) is 1.35. The Bertz CT molecular complexity index is 594. The first-order chi connectivity index (χ1) is 9.72. The molecule has 1 atom stereocenters. The Morgan fingerprint density at radius 3 is 2.90 bits per heavy atom. The summed E-state index contributed by atoms with van der Waals surface area (Å²) in [6.45, 7) is 1.01. The molecule has 1 aromatic carbocycles. The predicted molar refractivity (Wildman–Crippen MR) is 78.2 cm³/mol. The summed E-state index contributed by atoms with van der Waals surface area (Å²) >= 11 is 11.9. The molecule has 3 rings (SSSR count). The highest BCUT2D eigenvalue weighted by Crippen LogP contribution is 2.24. The van der Waals surface area contributed by atoms with Crippen LogP contribution in [0, 0.1) is 0 Å². The molecule has 1 saturated heterocycles. The lowest BCUT2D eigenvalue weighted by Gasteiger charge is -2.19. The van der Waals surface area contributed by atoms with Gasteiger partial charge in [0.1, 0.15) is 0 Å². The van der Waals surface area contributed by atoms with Gasteiger partial charge in [-0.25, -0.2) is 0 Å². The van der Waals surface area contributed by atoms with E-state index in [1.165, 1.54) is 12.8 Å². The fraction of sp³-hybridized carbons (Fsp3) is 0.429. The second-order valence-corrected chi connectivity index (χ2v) is 5.79. The van der Waals surface area contributed by atoms with Gasteiger partial charge in [0, 0.05) is 6.42 Å². The van der Waals surface area contributed by atoms with Crippen LogP contribution in [0.2, 0.25) is 10.0 Å². The van der Waals surface area contributed by atoms with E-state index < -0.39 is 0 Å². The molecule has 6 heteroatoms. The predicted octanol–water partition coefficient (Wildman–Crippen LogP) is 3.78. The van der Waals surface area contributed by atoms with Gasteiger partial charge in [0.05, 0.1) is 16.1 Å². The van der Waals surface area contributed by atoms with Gasteiger partial charge in [0.2, 0.25) is 5.89 Å². The maximum absolute atomic E-state index is 6.00. The molecule has 4 nitrogen and oxygen atoms in total. The van der Waals surface area contributed by atoms with Crippen molar-refractivity contribution < 1.29 is 4.52 Å². The molecule has 106 valence electrons. The number of hydrogen-bond donors (Lipinski definition) is 1. The maximum Gasteiger partial charge on any atom is 0.243 e. The van der Waals surface area contributed by atoms with E-state index in [4.69, 9.17) is 27.7 Å². The Morgan fingerprint density at radius 2 is 2.15 bits per heavy atom. The minimum atomic E-state index is 0.193. The lowest BCUT2D eigenvalue weighted by atomic mass is 10.1. The maximum atomic E-state index is 6.00. The summed E-state index contributed by atoms with van der Waals surface area (Å²) < 4.78 is 5.35. The van der Waals surface area contributed by atoms with Crippen LogP contribution >= 0.6 is 23.2 Å². The van der Waals surface area contributed by atoms with Crippen LogP contribution in [-0.4, -0.2) is 16.7 Å². The largest absolute Gasteiger partial charge is 0.338 e. The summed E-state index contributed by atoms with van der Waals surface area (Å²) in [7, 11) is 0. The number of nitrogens with one attached hydrogen (secondary N) is 1. The summed E-state index contributed by atoms with van der Waals surface area (Å²) in [5, 5.41) is 8.53. The normalized spacial score (nSPS) is 19.2. The average Bonchev–Trinajstić information content (AvgIpc) is 2.92. The first kappa shape index (κ1) is 13.9. The smallest absolute Gasteiger partial charge is 0.243 e. The highest BCUT2D eigenvalue weighted by atomic mass is 35.5. The number of halogens is 2. The molecular formula is C14H15Cl2N3O. The first-order valence-electron chi connectivity index (χ1n) is 6.72. The van der Waals surface area contributed by atoms with Gasteiger partial charge >= 0.3 is 0 Å². The molecule has 0 aliphatic carbocycles. The SMILES string of the molecule is Clc1ccc(Cc2noc(C3CCCCN3)n2)cc1Cl. The van der Waals surface area contributed by atoms with E-state index >= 15 is 0 Å². The molecule has 2 aromatic rings. The molecule has 1 aliphatic rings. The Kier molecular flexibility index (Phi) is 4.24. The van der Waals surface area contributed by atoms with Gasteiger partial charge in [0.15, 0.2) is 5.82 Å². The Hall–Kier alpha value is -1.10. The van der Waals surface area contributed by atoms with Gasteiger partial charge in [-0.2, -0.15) is 4.98 Å². The van der Waals surface area contributed by atoms with Crippen molar-refractivity contribution in [2.75, 3.05) is 6.54 Å². The molecule has 0 amide bonds. The van der Waals surface area contributed by atoms with E-state index in [0.717, 1.165) is 18.5 Å². The topological polar surface area (TPSA) is 51.0 Å². The highest BCUT2D eigenvalue weighted by Gasteiger charge is 2.20. The molecule has 1 unspecified atom stereocenters. The van der Waals surface area contributed by atoms with Gasteiger partial charge in [-0.15, -0.1) is 0 Å². The van der Waals surface area contributed by atoms with Crippen LogP contribution < -0.4 is 5.32 Å². The second kappa shape index (κ2) is 6.12. The van der Waals surface area contributed by atoms with E-state index in [2.05, 4.69) is 15.5 Å². The third-order valence-electron chi connectivity index (χ3n) is 3.44. The molecule has 2 heterocycles. The van der Waals surface area contributed by atoms with E-state index in [1.54, 1.807) is 6.07 Å². The zero-order valence-corrected chi connectivity index (χ0v) is 12.4. The summed E-state index contributed by atoms with van der Waals surface area (Å²) in [6.07, 6.45) is 4.05. The van der Waals surface area contributed by atoms with Gasteiger partial charge in [-0.3, -0.25) is 0 Å². The van der Waals surface area contributed by atoms with Crippen molar-refractivity contribution in [2.45, 2.75) is 31.7 Å². The van der Waals surface area contributed by atoms with Crippen LogP contribution in [0.5, 0.6) is 0 Å². The molecule has 0 saturated carbocycles. The van der Waals surface area contributed by atoms with Gasteiger partial charge < -0.3 is 9.84 Å². The third kappa shape index (κ3) is 3.14. The minimum Gasteiger partial charge on any atom is -0.338 e. The van der Waals surface area contributed by atoms with E-state index in [1.807, 2.05) is 12.1 Å². The number of benzene rings is 1. The van der Waals surface area contributed by atoms with Crippen LogP contribution in [0.3, 0.4) is 0 Å². The van der Waals surface area contributed by atoms with E-state index in [0.29, 0.717) is 28.2 Å². The van der Waals surface area contributed by atoms with Crippen LogP contribution in [0.15, 0.2) is 22.7 Å². The summed E-state index contributed by atoms with van der Waals surface area (Å²) in [4.78, 5) is 4.46. The van der Waals surface area contributed by atoms with Crippen LogP contribution in [0.4, 0.5) is 0 Å². The number of nitrogens with zero attached hydrogens (tertiary/aromatic N) is 2. The van der Waals surface area contributed by atoms with Crippen molar-refractivity contribution in [1.29, 1.82) is 0 Å². The van der Waals surface area contributed by atoms with Crippen molar-refractivity contribution in [3.8, 4) is 0 Å². The molecule has 1 N–H and O–H groups in total. The van der Waals surface area contributed by atoms with Gasteiger partial charge in [-0.1, -0.05) is 40.8 Å². The van der Waals surface area contributed by atoms with Crippen molar-refractivity contribution >= 4 is 23.2 Å². The number of rotatable bonds is 3. The number of piperidine rings is 1. The van der Waals surface area contributed by atoms with Crippen molar-refractivity contribution in [1.82, 2.24) is 15.5 Å². The fourth-order valence-corrected chi connectivity index (χ4v) is 2.70. The quantitative estimate of drug-likeness (QED) is 0.937. The monoisotopic (exact) mass is 311 g/mol. The van der Waals surface area contributed by atoms with Crippen LogP contribution in [0.1, 0.15) is 42.6 Å². The summed E-state index contributed by atoms with van der Waals surface area (Å²) in [6, 6.07) is 5.73. The number of hydrogen-bond acceptors (Lipinski definition) is 4. The van der Waals surface area contributed by atoms with Crippen molar-refractivity contribution in [2.24, 2.45) is 0 Å².